The predicted molar refractivity (Wildman–Crippen MR) is 41.9 cm³/mol. The molecule has 0 aromatic rings. The minimum Gasteiger partial charge on any atom is -0.352 e. The maximum Gasteiger partial charge on any atom is 0.312 e. The first-order valence-electron chi connectivity index (χ1n) is 3.79. The van der Waals surface area contributed by atoms with E-state index in [9.17, 15) is 4.79 Å². The normalized spacial score (nSPS) is 24.5. The Morgan fingerprint density at radius 2 is 2.64 bits per heavy atom. The molecule has 1 aliphatic heterocycles. The van der Waals surface area contributed by atoms with Crippen molar-refractivity contribution < 1.29 is 4.79 Å². The molecule has 1 rings (SSSR count). The van der Waals surface area contributed by atoms with Gasteiger partial charge >= 0.3 is 6.03 Å². The second kappa shape index (κ2) is 4.18. The van der Waals surface area contributed by atoms with Gasteiger partial charge in [-0.05, 0) is 18.8 Å². The molecular weight excluding hydrogens is 142 g/mol. The third kappa shape index (κ3) is 3.23. The van der Waals surface area contributed by atoms with Crippen molar-refractivity contribution in [3.63, 3.8) is 0 Å². The second-order valence-electron chi connectivity index (χ2n) is 2.66. The molecule has 0 aromatic carbocycles. The summed E-state index contributed by atoms with van der Waals surface area (Å²) < 4.78 is 0. The summed E-state index contributed by atoms with van der Waals surface area (Å²) in [7, 11) is 0. The zero-order valence-electron chi connectivity index (χ0n) is 6.42. The fraction of sp³-hybridized carbons (Fsp3) is 0.714. The number of rotatable bonds is 2. The minimum atomic E-state index is -0.455. The van der Waals surface area contributed by atoms with Crippen molar-refractivity contribution in [2.45, 2.75) is 6.42 Å². The van der Waals surface area contributed by atoms with Crippen LogP contribution in [0.3, 0.4) is 0 Å². The number of primary amides is 1. The van der Waals surface area contributed by atoms with Gasteiger partial charge in [0.15, 0.2) is 0 Å². The first-order valence-corrected chi connectivity index (χ1v) is 3.79. The Bertz CT molecular complexity index is 132. The Hall–Kier alpha value is -0.770. The Kier molecular flexibility index (Phi) is 3.16. The van der Waals surface area contributed by atoms with Crippen LogP contribution in [0.1, 0.15) is 6.42 Å². The highest BCUT2D eigenvalue weighted by atomic mass is 16.2. The highest BCUT2D eigenvalue weighted by Gasteiger charge is 2.13. The smallest absolute Gasteiger partial charge is 0.312 e. The van der Waals surface area contributed by atoms with E-state index in [-0.39, 0.29) is 0 Å². The Balaban J connectivity index is 2.09. The molecule has 0 aliphatic carbocycles. The van der Waals surface area contributed by atoms with Gasteiger partial charge in [0.1, 0.15) is 0 Å². The number of nitrogens with two attached hydrogens (primary N) is 1. The van der Waals surface area contributed by atoms with Crippen molar-refractivity contribution in [3.05, 3.63) is 6.42 Å². The lowest BCUT2D eigenvalue weighted by Gasteiger charge is -2.20. The number of nitrogens with zero attached hydrogens (tertiary/aromatic N) is 1. The quantitative estimate of drug-likeness (QED) is 0.553. The molecule has 0 aromatic heterocycles. The Morgan fingerprint density at radius 3 is 3.18 bits per heavy atom. The van der Waals surface area contributed by atoms with Crippen molar-refractivity contribution in [1.82, 2.24) is 10.6 Å². The molecule has 11 heavy (non-hydrogen) atoms. The molecular formula is C7H13N3O. The van der Waals surface area contributed by atoms with Crippen LogP contribution >= 0.6 is 0 Å². The van der Waals surface area contributed by atoms with E-state index in [0.29, 0.717) is 12.5 Å². The molecule has 1 unspecified atom stereocenters. The molecule has 4 nitrogen and oxygen atoms in total. The van der Waals surface area contributed by atoms with Crippen molar-refractivity contribution in [3.8, 4) is 0 Å². The summed E-state index contributed by atoms with van der Waals surface area (Å²) in [5, 5.41) is 6.78. The average molecular weight is 155 g/mol. The van der Waals surface area contributed by atoms with E-state index in [1.54, 1.807) is 0 Å². The van der Waals surface area contributed by atoms with Crippen LogP contribution in [-0.2, 0) is 0 Å². The first-order chi connectivity index (χ1) is 5.29. The second-order valence-corrected chi connectivity index (χ2v) is 2.66. The number of urea groups is 1. The van der Waals surface area contributed by atoms with E-state index in [0.717, 1.165) is 19.5 Å². The molecule has 1 atom stereocenters. The van der Waals surface area contributed by atoms with Gasteiger partial charge in [-0.2, -0.15) is 0 Å². The summed E-state index contributed by atoms with van der Waals surface area (Å²) in [6.45, 7) is 2.37. The van der Waals surface area contributed by atoms with Gasteiger partial charge in [-0.1, -0.05) is 0 Å². The van der Waals surface area contributed by atoms with Crippen molar-refractivity contribution in [2.24, 2.45) is 11.7 Å². The van der Waals surface area contributed by atoms with Gasteiger partial charge in [-0.3, -0.25) is 0 Å². The van der Waals surface area contributed by atoms with E-state index in [1.165, 1.54) is 0 Å². The Morgan fingerprint density at radius 1 is 1.82 bits per heavy atom. The van der Waals surface area contributed by atoms with Crippen LogP contribution in [0.2, 0.25) is 0 Å². The number of hydrogen-bond donors (Lipinski definition) is 2. The SMILES string of the molecule is NC(=O)NCC1[CH]CC[N]C1. The fourth-order valence-electron chi connectivity index (χ4n) is 1.11. The third-order valence-corrected chi connectivity index (χ3v) is 1.69. The lowest BCUT2D eigenvalue weighted by Crippen LogP contribution is -2.38. The average Bonchev–Trinajstić information content (AvgIpc) is 2.03. The summed E-state index contributed by atoms with van der Waals surface area (Å²) >= 11 is 0. The lowest BCUT2D eigenvalue weighted by atomic mass is 10.00. The van der Waals surface area contributed by atoms with E-state index in [1.807, 2.05) is 0 Å². The monoisotopic (exact) mass is 155 g/mol. The zero-order valence-corrected chi connectivity index (χ0v) is 6.42. The zero-order chi connectivity index (χ0) is 8.10. The summed E-state index contributed by atoms with van der Waals surface area (Å²) in [5.41, 5.74) is 4.92. The van der Waals surface area contributed by atoms with Crippen LogP contribution in [0, 0.1) is 12.3 Å². The predicted octanol–water partition coefficient (Wildman–Crippen LogP) is -0.517. The van der Waals surface area contributed by atoms with Crippen molar-refractivity contribution in [2.75, 3.05) is 19.6 Å². The molecule has 4 heteroatoms. The van der Waals surface area contributed by atoms with Crippen LogP contribution in [0.15, 0.2) is 0 Å². The van der Waals surface area contributed by atoms with Gasteiger partial charge in [0.05, 0.1) is 0 Å². The molecule has 1 heterocycles. The molecule has 1 fully saturated rings. The summed E-state index contributed by atoms with van der Waals surface area (Å²) in [5.74, 6) is 0.385. The highest BCUT2D eigenvalue weighted by Crippen LogP contribution is 2.07. The molecule has 1 aliphatic rings. The maximum atomic E-state index is 10.3. The number of piperidine rings is 1. The summed E-state index contributed by atoms with van der Waals surface area (Å²) in [4.78, 5) is 10.3. The lowest BCUT2D eigenvalue weighted by molar-refractivity contribution is 0.247. The Labute approximate surface area is 66.5 Å². The molecule has 2 radical (unpaired) electrons. The van der Waals surface area contributed by atoms with Crippen molar-refractivity contribution >= 4 is 6.03 Å². The van der Waals surface area contributed by atoms with Gasteiger partial charge in [0, 0.05) is 19.6 Å². The van der Waals surface area contributed by atoms with Gasteiger partial charge < -0.3 is 11.1 Å². The van der Waals surface area contributed by atoms with Crippen LogP contribution in [-0.4, -0.2) is 25.7 Å². The molecule has 0 spiro atoms. The molecule has 2 amide bonds. The molecule has 0 saturated carbocycles. The van der Waals surface area contributed by atoms with Crippen LogP contribution in [0.5, 0.6) is 0 Å². The van der Waals surface area contributed by atoms with E-state index in [4.69, 9.17) is 5.73 Å². The number of carbonyl (C=O) groups excluding carboxylic acids is 1. The van der Waals surface area contributed by atoms with Crippen LogP contribution in [0.4, 0.5) is 4.79 Å². The molecule has 62 valence electrons. The number of amides is 2. The van der Waals surface area contributed by atoms with E-state index in [2.05, 4.69) is 17.1 Å². The van der Waals surface area contributed by atoms with E-state index < -0.39 is 6.03 Å². The van der Waals surface area contributed by atoms with Gasteiger partial charge in [-0.25, -0.2) is 10.1 Å². The molecule has 1 saturated heterocycles. The maximum absolute atomic E-state index is 10.3. The number of nitrogens with one attached hydrogen (secondary N) is 1. The van der Waals surface area contributed by atoms with Gasteiger partial charge in [0.25, 0.3) is 0 Å². The van der Waals surface area contributed by atoms with E-state index >= 15 is 0 Å². The van der Waals surface area contributed by atoms with Crippen LogP contribution < -0.4 is 16.4 Å². The standard InChI is InChI=1S/C7H13N3O/c8-7(11)10-5-6-2-1-3-9-4-6/h2,6H,1,3-5H2,(H3,8,10,11). The first kappa shape index (κ1) is 8.33. The third-order valence-electron chi connectivity index (χ3n) is 1.69. The van der Waals surface area contributed by atoms with Gasteiger partial charge in [0.2, 0.25) is 0 Å². The highest BCUT2D eigenvalue weighted by molar-refractivity contribution is 5.71. The van der Waals surface area contributed by atoms with Crippen LogP contribution in [0.25, 0.3) is 0 Å². The molecule has 3 N–H and O–H groups in total. The van der Waals surface area contributed by atoms with Crippen molar-refractivity contribution in [1.29, 1.82) is 0 Å². The summed E-state index contributed by atoms with van der Waals surface area (Å²) in [6, 6.07) is -0.455. The number of carbonyl (C=O) groups is 1. The number of hydrogen-bond acceptors (Lipinski definition) is 1. The van der Waals surface area contributed by atoms with Gasteiger partial charge in [-0.15, -0.1) is 0 Å². The summed E-state index contributed by atoms with van der Waals surface area (Å²) in [6.07, 6.45) is 3.20. The molecule has 0 bridgehead atoms. The largest absolute Gasteiger partial charge is 0.352 e. The topological polar surface area (TPSA) is 69.2 Å². The fourth-order valence-corrected chi connectivity index (χ4v) is 1.11. The minimum absolute atomic E-state index is 0.385.